The van der Waals surface area contributed by atoms with Crippen molar-refractivity contribution in [1.29, 1.82) is 0 Å². The first-order valence-electron chi connectivity index (χ1n) is 13.6. The largest absolute Gasteiger partial charge is 0.509 e. The molecule has 0 unspecified atom stereocenters. The van der Waals surface area contributed by atoms with Gasteiger partial charge in [0.15, 0.2) is 0 Å². The molecule has 2 aromatic rings. The average molecular weight is 589 g/mol. The molecule has 0 bridgehead atoms. The first kappa shape index (κ1) is 35.9. The van der Waals surface area contributed by atoms with Crippen molar-refractivity contribution in [3.63, 3.8) is 0 Å². The van der Waals surface area contributed by atoms with E-state index in [4.69, 9.17) is 24.1 Å². The van der Waals surface area contributed by atoms with Crippen LogP contribution in [0.3, 0.4) is 0 Å². The van der Waals surface area contributed by atoms with Gasteiger partial charge in [-0.05, 0) is 97.9 Å². The van der Waals surface area contributed by atoms with Crippen LogP contribution in [0, 0.1) is 6.92 Å². The molecule has 0 fully saturated rings. The maximum atomic E-state index is 12.0. The number of esters is 2. The number of methoxy groups -OCH3 is 1. The van der Waals surface area contributed by atoms with E-state index in [0.29, 0.717) is 30.8 Å². The topological polar surface area (TPSA) is 108 Å². The second-order valence-corrected chi connectivity index (χ2v) is 8.98. The zero-order chi connectivity index (χ0) is 31.9. The molecule has 2 aromatic carbocycles. The van der Waals surface area contributed by atoms with Crippen LogP contribution in [0.25, 0.3) is 6.08 Å². The highest BCUT2D eigenvalue weighted by Crippen LogP contribution is 2.23. The van der Waals surface area contributed by atoms with E-state index in [1.807, 2.05) is 31.2 Å². The van der Waals surface area contributed by atoms with Crippen molar-refractivity contribution < 1.29 is 38.4 Å². The number of rotatable bonds is 17. The summed E-state index contributed by atoms with van der Waals surface area (Å²) in [4.78, 5) is 32.8. The van der Waals surface area contributed by atoms with Crippen LogP contribution in [0.5, 0.6) is 17.2 Å². The lowest BCUT2D eigenvalue weighted by atomic mass is 10.2. The normalized spacial score (nSPS) is 10.6. The van der Waals surface area contributed by atoms with Crippen LogP contribution >= 0.6 is 0 Å². The smallest absolute Gasteiger partial charge is 0.336 e. The Morgan fingerprint density at radius 3 is 2.14 bits per heavy atom. The van der Waals surface area contributed by atoms with Crippen LogP contribution in [-0.4, -0.2) is 43.7 Å². The molecule has 0 aliphatic rings. The number of ether oxygens (including phenoxy) is 4. The number of aliphatic hydroxyl groups is 1. The van der Waals surface area contributed by atoms with Gasteiger partial charge in [0, 0.05) is 12.2 Å². The number of unbranched alkanes of at least 4 members (excludes halogenated alkanes) is 3. The van der Waals surface area contributed by atoms with E-state index in [9.17, 15) is 14.4 Å². The zero-order valence-electron chi connectivity index (χ0n) is 24.8. The van der Waals surface area contributed by atoms with E-state index in [1.54, 1.807) is 37.5 Å². The molecule has 0 saturated heterocycles. The summed E-state index contributed by atoms with van der Waals surface area (Å²) in [6, 6.07) is 12.7. The number of allylic oxidation sites excluding steroid dienone is 5. The highest BCUT2D eigenvalue weighted by molar-refractivity contribution is 5.88. The van der Waals surface area contributed by atoms with Gasteiger partial charge >= 0.3 is 11.9 Å². The molecule has 0 aromatic heterocycles. The third-order valence-corrected chi connectivity index (χ3v) is 5.47. The molecule has 0 radical (unpaired) electrons. The van der Waals surface area contributed by atoms with Crippen molar-refractivity contribution in [2.75, 3.05) is 20.3 Å². The van der Waals surface area contributed by atoms with E-state index in [0.717, 1.165) is 48.3 Å². The number of hydrogen-bond donors (Lipinski definition) is 1. The summed E-state index contributed by atoms with van der Waals surface area (Å²) in [5.41, 5.74) is 2.40. The van der Waals surface area contributed by atoms with Gasteiger partial charge in [-0.25, -0.2) is 9.59 Å². The Hall–Kier alpha value is -5.11. The number of aldehydes is 1. The number of carbonyl (C=O) groups is 3. The third kappa shape index (κ3) is 17.3. The molecular weight excluding hydrogens is 548 g/mol. The lowest BCUT2D eigenvalue weighted by Gasteiger charge is -2.07. The summed E-state index contributed by atoms with van der Waals surface area (Å²) >= 11 is 0. The minimum Gasteiger partial charge on any atom is -0.509 e. The molecule has 8 heteroatoms. The van der Waals surface area contributed by atoms with Crippen LogP contribution in [-0.2, 0) is 19.1 Å². The van der Waals surface area contributed by atoms with Gasteiger partial charge in [-0.15, -0.1) is 0 Å². The van der Waals surface area contributed by atoms with E-state index >= 15 is 0 Å². The zero-order valence-corrected chi connectivity index (χ0v) is 24.8. The van der Waals surface area contributed by atoms with E-state index in [1.165, 1.54) is 30.4 Å². The second kappa shape index (κ2) is 21.6. The molecular formula is C35H40O8. The summed E-state index contributed by atoms with van der Waals surface area (Å²) in [5.74, 6) is 1.13. The standard InChI is InChI=1S/C26H30O6.C9H10O2/c1-4-25(27)31-18-8-6-5-7-17-30-22-12-9-21(10-13-22)11-16-26(28)32-23-14-15-24(29-3)20(2)19-23;1-8(4-3-7-10)5-6-9(2)11/h4,9-16,19H,1,5-8,17-18H2,2-3H3;3-7,11H,1-2H2/b16-11+;4-3+,6-5-. The number of carbonyl (C=O) groups excluding carboxylic acids is 3. The molecule has 0 amide bonds. The van der Waals surface area contributed by atoms with E-state index in [-0.39, 0.29) is 11.7 Å². The van der Waals surface area contributed by atoms with Crippen molar-refractivity contribution in [2.45, 2.75) is 32.6 Å². The van der Waals surface area contributed by atoms with Crippen LogP contribution in [0.1, 0.15) is 36.8 Å². The minimum absolute atomic E-state index is 0.0364. The van der Waals surface area contributed by atoms with Crippen molar-refractivity contribution in [3.05, 3.63) is 121 Å². The van der Waals surface area contributed by atoms with Gasteiger partial charge in [-0.1, -0.05) is 44.0 Å². The summed E-state index contributed by atoms with van der Waals surface area (Å²) in [6.07, 6.45) is 14.5. The Morgan fingerprint density at radius 2 is 1.53 bits per heavy atom. The fourth-order valence-corrected chi connectivity index (χ4v) is 3.31. The summed E-state index contributed by atoms with van der Waals surface area (Å²) in [6.45, 7) is 13.1. The van der Waals surface area contributed by atoms with Gasteiger partial charge in [-0.3, -0.25) is 4.79 Å². The molecule has 2 rings (SSSR count). The predicted octanol–water partition coefficient (Wildman–Crippen LogP) is 7.22. The quantitative estimate of drug-likeness (QED) is 0.0393. The molecule has 0 atom stereocenters. The van der Waals surface area contributed by atoms with Gasteiger partial charge in [0.05, 0.1) is 20.3 Å². The Kier molecular flexibility index (Phi) is 18.1. The highest BCUT2D eigenvalue weighted by Gasteiger charge is 2.04. The van der Waals surface area contributed by atoms with Crippen molar-refractivity contribution in [3.8, 4) is 17.2 Å². The molecule has 0 aliphatic heterocycles. The maximum Gasteiger partial charge on any atom is 0.336 e. The summed E-state index contributed by atoms with van der Waals surface area (Å²) < 4.78 is 21.2. The molecule has 0 spiro atoms. The molecule has 0 saturated carbocycles. The van der Waals surface area contributed by atoms with Gasteiger partial charge in [0.2, 0.25) is 0 Å². The average Bonchev–Trinajstić information content (AvgIpc) is 3.00. The fourth-order valence-electron chi connectivity index (χ4n) is 3.31. The Bertz CT molecular complexity index is 1300. The van der Waals surface area contributed by atoms with E-state index in [2.05, 4.69) is 19.7 Å². The maximum absolute atomic E-state index is 12.0. The number of aliphatic hydroxyl groups excluding tert-OH is 1. The minimum atomic E-state index is -0.450. The predicted molar refractivity (Wildman–Crippen MR) is 169 cm³/mol. The van der Waals surface area contributed by atoms with Crippen molar-refractivity contribution in [2.24, 2.45) is 0 Å². The molecule has 1 N–H and O–H groups in total. The number of hydrogen-bond acceptors (Lipinski definition) is 8. The summed E-state index contributed by atoms with van der Waals surface area (Å²) in [5, 5.41) is 8.61. The van der Waals surface area contributed by atoms with Crippen LogP contribution in [0.15, 0.2) is 110 Å². The summed E-state index contributed by atoms with van der Waals surface area (Å²) in [7, 11) is 1.60. The second-order valence-electron chi connectivity index (χ2n) is 8.98. The first-order chi connectivity index (χ1) is 20.7. The van der Waals surface area contributed by atoms with Gasteiger partial charge in [0.25, 0.3) is 0 Å². The van der Waals surface area contributed by atoms with Crippen LogP contribution < -0.4 is 14.2 Å². The van der Waals surface area contributed by atoms with Crippen LogP contribution in [0.4, 0.5) is 0 Å². The monoisotopic (exact) mass is 588 g/mol. The lowest BCUT2D eigenvalue weighted by Crippen LogP contribution is -2.04. The van der Waals surface area contributed by atoms with Crippen LogP contribution in [0.2, 0.25) is 0 Å². The highest BCUT2D eigenvalue weighted by atomic mass is 16.5. The fraction of sp³-hybridized carbons (Fsp3) is 0.229. The lowest BCUT2D eigenvalue weighted by molar-refractivity contribution is -0.137. The van der Waals surface area contributed by atoms with Gasteiger partial charge in [-0.2, -0.15) is 0 Å². The number of benzene rings is 2. The SMILES string of the molecule is C=C(O)/C=C\C(=C)/C=C/C=O.C=CC(=O)OCCCCCCOc1ccc(/C=C/C(=O)Oc2ccc(OC)c(C)c2)cc1. The van der Waals surface area contributed by atoms with Crippen molar-refractivity contribution >= 4 is 24.3 Å². The molecule has 8 nitrogen and oxygen atoms in total. The van der Waals surface area contributed by atoms with Gasteiger partial charge in [0.1, 0.15) is 29.3 Å². The van der Waals surface area contributed by atoms with Crippen molar-refractivity contribution in [1.82, 2.24) is 0 Å². The van der Waals surface area contributed by atoms with E-state index < -0.39 is 5.97 Å². The Balaban J connectivity index is 0.000000712. The third-order valence-electron chi connectivity index (χ3n) is 5.47. The number of aryl methyl sites for hydroxylation is 1. The molecule has 0 heterocycles. The molecule has 43 heavy (non-hydrogen) atoms. The first-order valence-corrected chi connectivity index (χ1v) is 13.6. The van der Waals surface area contributed by atoms with Gasteiger partial charge < -0.3 is 24.1 Å². The molecule has 0 aliphatic carbocycles. The Labute approximate surface area is 253 Å². The Morgan fingerprint density at radius 1 is 0.860 bits per heavy atom. The molecule has 228 valence electrons.